The number of carboxylic acid groups (broad SMARTS) is 1. The summed E-state index contributed by atoms with van der Waals surface area (Å²) in [5.41, 5.74) is 1.78. The summed E-state index contributed by atoms with van der Waals surface area (Å²) < 4.78 is 28.3. The number of fused-ring (bicyclic) bond motifs is 1. The van der Waals surface area contributed by atoms with Crippen molar-refractivity contribution in [1.82, 2.24) is 0 Å². The minimum absolute atomic E-state index is 0.0317. The Labute approximate surface area is 203 Å². The summed E-state index contributed by atoms with van der Waals surface area (Å²) in [6, 6.07) is 15.3. The lowest BCUT2D eigenvalue weighted by Gasteiger charge is -2.20. The van der Waals surface area contributed by atoms with E-state index in [0.717, 1.165) is 9.13 Å². The van der Waals surface area contributed by atoms with Gasteiger partial charge in [0.05, 0.1) is 21.8 Å². The van der Waals surface area contributed by atoms with Crippen LogP contribution in [0.15, 0.2) is 65.6 Å². The highest BCUT2D eigenvalue weighted by Crippen LogP contribution is 2.35. The number of halogens is 2. The second kappa shape index (κ2) is 8.72. The molecule has 1 aliphatic rings. The van der Waals surface area contributed by atoms with Gasteiger partial charge in [-0.15, -0.1) is 0 Å². The van der Waals surface area contributed by atoms with E-state index in [2.05, 4.69) is 5.32 Å². The maximum atomic E-state index is 13.1. The Morgan fingerprint density at radius 2 is 1.75 bits per heavy atom. The zero-order chi connectivity index (χ0) is 23.0. The van der Waals surface area contributed by atoms with Crippen molar-refractivity contribution in [3.05, 3.63) is 85.9 Å². The number of hydrogen-bond donors (Lipinski definition) is 2. The molecule has 1 aliphatic heterocycles. The molecule has 0 saturated carbocycles. The van der Waals surface area contributed by atoms with Gasteiger partial charge >= 0.3 is 5.97 Å². The zero-order valence-electron chi connectivity index (χ0n) is 16.4. The standard InChI is InChI=1S/C22H16ClIN2O5S/c23-15-4-1-13-9-10-26(20(13)11-15)32(30,31)17-6-2-14(3-7-17)21(27)25-19-8-5-16(24)12-18(19)22(28)29/h1-8,11-12H,9-10H2,(H,25,27)(H,28,29). The van der Waals surface area contributed by atoms with Gasteiger partial charge < -0.3 is 10.4 Å². The predicted octanol–water partition coefficient (Wildman–Crippen LogP) is 4.65. The maximum Gasteiger partial charge on any atom is 0.337 e. The van der Waals surface area contributed by atoms with Crippen molar-refractivity contribution in [3.8, 4) is 0 Å². The van der Waals surface area contributed by atoms with Gasteiger partial charge in [0.2, 0.25) is 0 Å². The van der Waals surface area contributed by atoms with E-state index in [-0.39, 0.29) is 21.7 Å². The Kier molecular flexibility index (Phi) is 6.15. The number of hydrogen-bond acceptors (Lipinski definition) is 4. The van der Waals surface area contributed by atoms with Gasteiger partial charge in [0.1, 0.15) is 0 Å². The number of nitrogens with zero attached hydrogens (tertiary/aromatic N) is 1. The van der Waals surface area contributed by atoms with Crippen LogP contribution in [0.4, 0.5) is 11.4 Å². The van der Waals surface area contributed by atoms with Crippen LogP contribution in [0.25, 0.3) is 0 Å². The van der Waals surface area contributed by atoms with E-state index in [9.17, 15) is 23.1 Å². The van der Waals surface area contributed by atoms with Crippen molar-refractivity contribution < 1.29 is 23.1 Å². The van der Waals surface area contributed by atoms with Crippen LogP contribution in [0.1, 0.15) is 26.3 Å². The molecule has 0 aliphatic carbocycles. The third-order valence-electron chi connectivity index (χ3n) is 5.06. The third-order valence-corrected chi connectivity index (χ3v) is 7.80. The first-order chi connectivity index (χ1) is 15.2. The van der Waals surface area contributed by atoms with Crippen molar-refractivity contribution >= 4 is 67.5 Å². The van der Waals surface area contributed by atoms with Crippen LogP contribution in [-0.2, 0) is 16.4 Å². The monoisotopic (exact) mass is 582 g/mol. The summed E-state index contributed by atoms with van der Waals surface area (Å²) in [6.07, 6.45) is 0.591. The summed E-state index contributed by atoms with van der Waals surface area (Å²) in [6.45, 7) is 0.311. The first kappa shape index (κ1) is 22.6. The predicted molar refractivity (Wildman–Crippen MR) is 130 cm³/mol. The third kappa shape index (κ3) is 4.32. The normalized spacial score (nSPS) is 13.0. The molecule has 0 unspecified atom stereocenters. The number of sulfonamides is 1. The van der Waals surface area contributed by atoms with E-state index in [1.807, 2.05) is 28.7 Å². The molecular weight excluding hydrogens is 567 g/mol. The number of amides is 1. The van der Waals surface area contributed by atoms with Crippen LogP contribution in [0.2, 0.25) is 5.02 Å². The number of carbonyl (C=O) groups is 2. The fourth-order valence-electron chi connectivity index (χ4n) is 3.48. The molecule has 32 heavy (non-hydrogen) atoms. The number of nitrogens with one attached hydrogen (secondary N) is 1. The molecule has 2 N–H and O–H groups in total. The maximum absolute atomic E-state index is 13.1. The minimum atomic E-state index is -3.83. The first-order valence-electron chi connectivity index (χ1n) is 9.42. The molecular formula is C22H16ClIN2O5S. The van der Waals surface area contributed by atoms with Gasteiger partial charge in [-0.3, -0.25) is 9.10 Å². The number of benzene rings is 3. The molecule has 0 spiro atoms. The van der Waals surface area contributed by atoms with Crippen LogP contribution in [0, 0.1) is 3.57 Å². The van der Waals surface area contributed by atoms with Gasteiger partial charge in [-0.2, -0.15) is 0 Å². The molecule has 164 valence electrons. The van der Waals surface area contributed by atoms with E-state index >= 15 is 0 Å². The van der Waals surface area contributed by atoms with Crippen LogP contribution in [-0.4, -0.2) is 31.9 Å². The smallest absolute Gasteiger partial charge is 0.337 e. The van der Waals surface area contributed by atoms with Crippen molar-refractivity contribution in [2.45, 2.75) is 11.3 Å². The molecule has 1 amide bonds. The number of aromatic carboxylic acids is 1. The van der Waals surface area contributed by atoms with E-state index in [0.29, 0.717) is 23.7 Å². The lowest BCUT2D eigenvalue weighted by Crippen LogP contribution is -2.29. The van der Waals surface area contributed by atoms with Crippen LogP contribution in [0.5, 0.6) is 0 Å². The Hall–Kier alpha value is -2.63. The second-order valence-electron chi connectivity index (χ2n) is 7.07. The number of anilines is 2. The highest BCUT2D eigenvalue weighted by atomic mass is 127. The number of carbonyl (C=O) groups excluding carboxylic acids is 1. The Morgan fingerprint density at radius 3 is 2.44 bits per heavy atom. The van der Waals surface area contributed by atoms with Crippen molar-refractivity contribution in [3.63, 3.8) is 0 Å². The van der Waals surface area contributed by atoms with E-state index < -0.39 is 21.9 Å². The molecule has 0 aromatic heterocycles. The van der Waals surface area contributed by atoms with Gasteiger partial charge in [0.25, 0.3) is 15.9 Å². The largest absolute Gasteiger partial charge is 0.478 e. The average molecular weight is 583 g/mol. The SMILES string of the molecule is O=C(Nc1ccc(I)cc1C(=O)O)c1ccc(S(=O)(=O)N2CCc3ccc(Cl)cc32)cc1. The highest BCUT2D eigenvalue weighted by Gasteiger charge is 2.31. The quantitative estimate of drug-likeness (QED) is 0.427. The first-order valence-corrected chi connectivity index (χ1v) is 12.3. The van der Waals surface area contributed by atoms with Gasteiger partial charge in [-0.25, -0.2) is 13.2 Å². The molecule has 3 aromatic rings. The molecule has 0 fully saturated rings. The minimum Gasteiger partial charge on any atom is -0.478 e. The Balaban J connectivity index is 1.57. The summed E-state index contributed by atoms with van der Waals surface area (Å²) in [5, 5.41) is 12.4. The van der Waals surface area contributed by atoms with E-state index in [1.165, 1.54) is 40.7 Å². The highest BCUT2D eigenvalue weighted by molar-refractivity contribution is 14.1. The van der Waals surface area contributed by atoms with Crippen molar-refractivity contribution in [1.29, 1.82) is 0 Å². The molecule has 0 atom stereocenters. The fourth-order valence-corrected chi connectivity index (χ4v) is 5.63. The number of carboxylic acids is 1. The molecule has 0 radical (unpaired) electrons. The summed E-state index contributed by atoms with van der Waals surface area (Å²) >= 11 is 8.03. The van der Waals surface area contributed by atoms with Gasteiger partial charge in [-0.05, 0) is 89.2 Å². The van der Waals surface area contributed by atoms with Gasteiger partial charge in [0, 0.05) is 20.7 Å². The lowest BCUT2D eigenvalue weighted by atomic mass is 10.1. The topological polar surface area (TPSA) is 104 Å². The summed E-state index contributed by atoms with van der Waals surface area (Å²) in [5.74, 6) is -1.71. The van der Waals surface area contributed by atoms with Crippen molar-refractivity contribution in [2.75, 3.05) is 16.2 Å². The fraction of sp³-hybridized carbons (Fsp3) is 0.0909. The van der Waals surface area contributed by atoms with Crippen molar-refractivity contribution in [2.24, 2.45) is 0 Å². The number of rotatable bonds is 5. The van der Waals surface area contributed by atoms with E-state index in [1.54, 1.807) is 18.2 Å². The second-order valence-corrected chi connectivity index (χ2v) is 10.6. The molecule has 1 heterocycles. The summed E-state index contributed by atoms with van der Waals surface area (Å²) in [7, 11) is -3.83. The van der Waals surface area contributed by atoms with Crippen LogP contribution >= 0.6 is 34.2 Å². The molecule has 0 saturated heterocycles. The molecule has 7 nitrogen and oxygen atoms in total. The molecule has 4 rings (SSSR count). The molecule has 10 heteroatoms. The van der Waals surface area contributed by atoms with Gasteiger partial charge in [0.15, 0.2) is 0 Å². The average Bonchev–Trinajstić information content (AvgIpc) is 3.18. The van der Waals surface area contributed by atoms with Gasteiger partial charge in [-0.1, -0.05) is 17.7 Å². The van der Waals surface area contributed by atoms with Crippen LogP contribution < -0.4 is 9.62 Å². The Bertz CT molecular complexity index is 1340. The lowest BCUT2D eigenvalue weighted by molar-refractivity contribution is 0.0698. The zero-order valence-corrected chi connectivity index (χ0v) is 20.1. The molecule has 0 bridgehead atoms. The van der Waals surface area contributed by atoms with Crippen LogP contribution in [0.3, 0.4) is 0 Å². The Morgan fingerprint density at radius 1 is 1.03 bits per heavy atom. The summed E-state index contributed by atoms with van der Waals surface area (Å²) in [4.78, 5) is 24.1. The molecule has 3 aromatic carbocycles. The van der Waals surface area contributed by atoms with E-state index in [4.69, 9.17) is 11.6 Å².